The first-order chi connectivity index (χ1) is 5.61. The standard InChI is InChI=1S/C8H11NO3.K.H/c1-6(2)5-12-8(11)7(3-9)4-10;;/h4,6-7H,5H2,1-2H3;;. The molecule has 0 aliphatic heterocycles. The van der Waals surface area contributed by atoms with Crippen LogP contribution in [0.25, 0.3) is 0 Å². The van der Waals surface area contributed by atoms with Gasteiger partial charge in [-0.2, -0.15) is 5.26 Å². The van der Waals surface area contributed by atoms with Gasteiger partial charge in [-0.15, -0.1) is 0 Å². The number of aldehydes is 1. The normalized spacial score (nSPS) is 10.9. The number of ether oxygens (including phenoxy) is 1. The molecule has 13 heavy (non-hydrogen) atoms. The molecule has 1 atom stereocenters. The fraction of sp³-hybridized carbons (Fsp3) is 0.625. The molecule has 0 saturated heterocycles. The molecule has 0 aromatic carbocycles. The van der Waals surface area contributed by atoms with Crippen molar-refractivity contribution >= 4 is 63.6 Å². The van der Waals surface area contributed by atoms with Crippen LogP contribution in [0, 0.1) is 23.2 Å². The first-order valence-electron chi connectivity index (χ1n) is 3.63. The van der Waals surface area contributed by atoms with E-state index in [4.69, 9.17) is 5.26 Å². The quantitative estimate of drug-likeness (QED) is 0.280. The molecule has 0 rings (SSSR count). The van der Waals surface area contributed by atoms with Gasteiger partial charge in [0.25, 0.3) is 0 Å². The zero-order valence-electron chi connectivity index (χ0n) is 7.11. The van der Waals surface area contributed by atoms with Crippen molar-refractivity contribution in [1.29, 1.82) is 5.26 Å². The topological polar surface area (TPSA) is 67.2 Å². The van der Waals surface area contributed by atoms with Crippen LogP contribution in [0.5, 0.6) is 0 Å². The fourth-order valence-electron chi connectivity index (χ4n) is 0.477. The zero-order chi connectivity index (χ0) is 9.56. The Morgan fingerprint density at radius 2 is 2.15 bits per heavy atom. The molecule has 5 heteroatoms. The van der Waals surface area contributed by atoms with Gasteiger partial charge in [-0.3, -0.25) is 4.79 Å². The molecule has 4 nitrogen and oxygen atoms in total. The van der Waals surface area contributed by atoms with Crippen molar-refractivity contribution in [3.05, 3.63) is 0 Å². The number of carbonyl (C=O) groups is 2. The summed E-state index contributed by atoms with van der Waals surface area (Å²) in [6.07, 6.45) is 0.280. The fourth-order valence-corrected chi connectivity index (χ4v) is 0.477. The molecule has 0 amide bonds. The van der Waals surface area contributed by atoms with Crippen LogP contribution in [-0.4, -0.2) is 70.2 Å². The molecule has 0 N–H and O–H groups in total. The Kier molecular flexibility index (Phi) is 10.7. The Morgan fingerprint density at radius 3 is 2.46 bits per heavy atom. The Balaban J connectivity index is 0. The average molecular weight is 209 g/mol. The predicted molar refractivity (Wildman–Crippen MR) is 48.1 cm³/mol. The van der Waals surface area contributed by atoms with Gasteiger partial charge in [-0.05, 0) is 5.92 Å². The van der Waals surface area contributed by atoms with Gasteiger partial charge >= 0.3 is 57.4 Å². The molecule has 1 unspecified atom stereocenters. The first kappa shape index (κ1) is 15.7. The minimum absolute atomic E-state index is 0. The summed E-state index contributed by atoms with van der Waals surface area (Å²) in [7, 11) is 0. The van der Waals surface area contributed by atoms with Crippen LogP contribution in [0.15, 0.2) is 0 Å². The zero-order valence-corrected chi connectivity index (χ0v) is 7.11. The van der Waals surface area contributed by atoms with Crippen molar-refractivity contribution in [3.8, 4) is 6.07 Å². The molecule has 0 saturated carbocycles. The van der Waals surface area contributed by atoms with Gasteiger partial charge in [0.05, 0.1) is 12.7 Å². The molecule has 68 valence electrons. The van der Waals surface area contributed by atoms with Crippen LogP contribution in [0.1, 0.15) is 13.8 Å². The Bertz CT molecular complexity index is 210. The van der Waals surface area contributed by atoms with E-state index >= 15 is 0 Å². The summed E-state index contributed by atoms with van der Waals surface area (Å²) in [6, 6.07) is 1.53. The van der Waals surface area contributed by atoms with Crippen molar-refractivity contribution in [2.45, 2.75) is 13.8 Å². The molecule has 0 fully saturated rings. The number of nitrogens with zero attached hydrogens (tertiary/aromatic N) is 1. The second kappa shape index (κ2) is 8.85. The van der Waals surface area contributed by atoms with E-state index in [0.29, 0.717) is 0 Å². The number of esters is 1. The average Bonchev–Trinajstić information content (AvgIpc) is 2.03. The number of carbonyl (C=O) groups excluding carboxylic acids is 2. The van der Waals surface area contributed by atoms with E-state index in [2.05, 4.69) is 4.74 Å². The molecule has 0 aromatic rings. The molecule has 0 radical (unpaired) electrons. The maximum atomic E-state index is 10.8. The van der Waals surface area contributed by atoms with Gasteiger partial charge in [0, 0.05) is 0 Å². The Labute approximate surface area is 120 Å². The van der Waals surface area contributed by atoms with E-state index in [0.717, 1.165) is 0 Å². The molecule has 0 heterocycles. The summed E-state index contributed by atoms with van der Waals surface area (Å²) in [5.41, 5.74) is 0. The van der Waals surface area contributed by atoms with Crippen molar-refractivity contribution in [2.24, 2.45) is 11.8 Å². The second-order valence-electron chi connectivity index (χ2n) is 2.77. The second-order valence-corrected chi connectivity index (χ2v) is 2.77. The van der Waals surface area contributed by atoms with E-state index in [1.807, 2.05) is 13.8 Å². The summed E-state index contributed by atoms with van der Waals surface area (Å²) >= 11 is 0. The van der Waals surface area contributed by atoms with Crippen LogP contribution in [0.3, 0.4) is 0 Å². The number of nitriles is 1. The Morgan fingerprint density at radius 1 is 1.62 bits per heavy atom. The summed E-state index contributed by atoms with van der Waals surface area (Å²) in [4.78, 5) is 20.9. The summed E-state index contributed by atoms with van der Waals surface area (Å²) < 4.78 is 4.65. The number of hydrogen-bond acceptors (Lipinski definition) is 4. The molecule has 0 spiro atoms. The number of rotatable bonds is 4. The maximum absolute atomic E-state index is 10.8. The van der Waals surface area contributed by atoms with E-state index < -0.39 is 11.9 Å². The van der Waals surface area contributed by atoms with Crippen molar-refractivity contribution < 1.29 is 14.3 Å². The van der Waals surface area contributed by atoms with Crippen LogP contribution in [0.2, 0.25) is 0 Å². The predicted octanol–water partition coefficient (Wildman–Crippen LogP) is -0.124. The third-order valence-electron chi connectivity index (χ3n) is 1.09. The Hall–Kier alpha value is 0.266. The van der Waals surface area contributed by atoms with Gasteiger partial charge in [0.1, 0.15) is 6.29 Å². The summed E-state index contributed by atoms with van der Waals surface area (Å²) in [5, 5.41) is 8.28. The van der Waals surface area contributed by atoms with Gasteiger partial charge in [-0.1, -0.05) is 13.8 Å². The van der Waals surface area contributed by atoms with Crippen LogP contribution in [0.4, 0.5) is 0 Å². The van der Waals surface area contributed by atoms with Gasteiger partial charge < -0.3 is 9.53 Å². The summed E-state index contributed by atoms with van der Waals surface area (Å²) in [5.74, 6) is -1.83. The van der Waals surface area contributed by atoms with Crippen molar-refractivity contribution in [3.63, 3.8) is 0 Å². The molecule has 0 bridgehead atoms. The van der Waals surface area contributed by atoms with Crippen LogP contribution in [-0.2, 0) is 14.3 Å². The summed E-state index contributed by atoms with van der Waals surface area (Å²) in [6.45, 7) is 3.98. The van der Waals surface area contributed by atoms with Gasteiger partial charge in [0.2, 0.25) is 0 Å². The van der Waals surface area contributed by atoms with E-state index in [9.17, 15) is 9.59 Å². The van der Waals surface area contributed by atoms with Crippen molar-refractivity contribution in [1.82, 2.24) is 0 Å². The third-order valence-corrected chi connectivity index (χ3v) is 1.09. The SMILES string of the molecule is CC(C)COC(=O)C(C#N)C=O.[KH]. The van der Waals surface area contributed by atoms with E-state index in [1.165, 1.54) is 6.07 Å². The van der Waals surface area contributed by atoms with E-state index in [1.54, 1.807) is 0 Å². The molecule has 0 aliphatic rings. The number of hydrogen-bond donors (Lipinski definition) is 0. The van der Waals surface area contributed by atoms with Gasteiger partial charge in [-0.25, -0.2) is 0 Å². The van der Waals surface area contributed by atoms with Crippen LogP contribution < -0.4 is 0 Å². The van der Waals surface area contributed by atoms with Crippen LogP contribution >= 0.6 is 0 Å². The molecular weight excluding hydrogens is 197 g/mol. The van der Waals surface area contributed by atoms with Gasteiger partial charge in [0.15, 0.2) is 5.92 Å². The van der Waals surface area contributed by atoms with E-state index in [-0.39, 0.29) is 70.2 Å². The monoisotopic (exact) mass is 209 g/mol. The third kappa shape index (κ3) is 7.35. The minimum atomic E-state index is -1.27. The molecular formula is C8H12KNO3. The van der Waals surface area contributed by atoms with Crippen molar-refractivity contribution in [2.75, 3.05) is 6.61 Å². The first-order valence-corrected chi connectivity index (χ1v) is 3.63. The molecule has 0 aliphatic carbocycles. The molecule has 0 aromatic heterocycles.